The van der Waals surface area contributed by atoms with Crippen LogP contribution in [-0.2, 0) is 5.75 Å². The third-order valence-electron chi connectivity index (χ3n) is 2.37. The van der Waals surface area contributed by atoms with E-state index in [-0.39, 0.29) is 0 Å². The summed E-state index contributed by atoms with van der Waals surface area (Å²) < 4.78 is 0. The molecule has 0 spiro atoms. The fourth-order valence-electron chi connectivity index (χ4n) is 1.39. The Morgan fingerprint density at radius 2 is 2.17 bits per heavy atom. The van der Waals surface area contributed by atoms with E-state index in [4.69, 9.17) is 5.73 Å². The van der Waals surface area contributed by atoms with Gasteiger partial charge in [-0.25, -0.2) is 9.97 Å². The minimum Gasteiger partial charge on any atom is -0.384 e. The second-order valence-corrected chi connectivity index (χ2v) is 5.44. The van der Waals surface area contributed by atoms with Crippen molar-refractivity contribution in [2.24, 2.45) is 0 Å². The standard InChI is InChI=1S/C12H14N4S2/c1-8-4-3-5-14-9(8)7-18-12-15-10(13)6-11(16-12)17-2/h3-6H,7H2,1-2H3,(H2,13,15,16). The lowest BCUT2D eigenvalue weighted by atomic mass is 10.2. The number of hydrogen-bond acceptors (Lipinski definition) is 6. The average molecular weight is 278 g/mol. The number of nitrogens with two attached hydrogens (primary N) is 1. The Labute approximate surface area is 115 Å². The van der Waals surface area contributed by atoms with Gasteiger partial charge in [-0.2, -0.15) is 0 Å². The molecule has 18 heavy (non-hydrogen) atoms. The van der Waals surface area contributed by atoms with E-state index in [1.54, 1.807) is 35.8 Å². The summed E-state index contributed by atoms with van der Waals surface area (Å²) in [5.41, 5.74) is 7.97. The molecule has 2 aromatic heterocycles. The predicted octanol–water partition coefficient (Wildman–Crippen LogP) is 2.78. The van der Waals surface area contributed by atoms with Crippen LogP contribution in [0.25, 0.3) is 0 Å². The fourth-order valence-corrected chi connectivity index (χ4v) is 2.77. The van der Waals surface area contributed by atoms with Gasteiger partial charge in [-0.05, 0) is 24.8 Å². The van der Waals surface area contributed by atoms with Crippen molar-refractivity contribution in [2.45, 2.75) is 22.9 Å². The molecule has 2 N–H and O–H groups in total. The number of rotatable bonds is 4. The molecule has 94 valence electrons. The van der Waals surface area contributed by atoms with Crippen LogP contribution in [-0.4, -0.2) is 21.2 Å². The molecule has 0 bridgehead atoms. The molecule has 0 aliphatic rings. The monoisotopic (exact) mass is 278 g/mol. The van der Waals surface area contributed by atoms with Crippen molar-refractivity contribution in [1.82, 2.24) is 15.0 Å². The number of thioether (sulfide) groups is 2. The van der Waals surface area contributed by atoms with Gasteiger partial charge < -0.3 is 5.73 Å². The Morgan fingerprint density at radius 3 is 2.89 bits per heavy atom. The van der Waals surface area contributed by atoms with Gasteiger partial charge in [-0.15, -0.1) is 11.8 Å². The van der Waals surface area contributed by atoms with Crippen LogP contribution in [0, 0.1) is 6.92 Å². The summed E-state index contributed by atoms with van der Waals surface area (Å²) in [6.45, 7) is 2.05. The summed E-state index contributed by atoms with van der Waals surface area (Å²) in [5.74, 6) is 1.26. The largest absolute Gasteiger partial charge is 0.384 e. The van der Waals surface area contributed by atoms with Crippen molar-refractivity contribution >= 4 is 29.3 Å². The van der Waals surface area contributed by atoms with Gasteiger partial charge in [0, 0.05) is 18.0 Å². The number of aromatic nitrogens is 3. The number of nitrogen functional groups attached to an aromatic ring is 1. The molecular weight excluding hydrogens is 264 g/mol. The van der Waals surface area contributed by atoms with Gasteiger partial charge in [0.1, 0.15) is 10.8 Å². The number of anilines is 1. The van der Waals surface area contributed by atoms with E-state index in [2.05, 4.69) is 27.9 Å². The summed E-state index contributed by atoms with van der Waals surface area (Å²) in [4.78, 5) is 13.0. The van der Waals surface area contributed by atoms with Crippen molar-refractivity contribution in [1.29, 1.82) is 0 Å². The lowest BCUT2D eigenvalue weighted by Crippen LogP contribution is -1.97. The molecule has 0 atom stereocenters. The van der Waals surface area contributed by atoms with Gasteiger partial charge in [-0.3, -0.25) is 4.98 Å². The molecule has 0 saturated carbocycles. The van der Waals surface area contributed by atoms with Crippen LogP contribution in [0.3, 0.4) is 0 Å². The number of pyridine rings is 1. The number of nitrogens with zero attached hydrogens (tertiary/aromatic N) is 3. The van der Waals surface area contributed by atoms with Crippen LogP contribution in [0.15, 0.2) is 34.6 Å². The molecule has 0 saturated heterocycles. The van der Waals surface area contributed by atoms with E-state index >= 15 is 0 Å². The quantitative estimate of drug-likeness (QED) is 0.527. The minimum absolute atomic E-state index is 0.509. The highest BCUT2D eigenvalue weighted by Crippen LogP contribution is 2.23. The van der Waals surface area contributed by atoms with Crippen LogP contribution < -0.4 is 5.73 Å². The summed E-state index contributed by atoms with van der Waals surface area (Å²) in [5, 5.41) is 1.59. The molecule has 2 aromatic rings. The van der Waals surface area contributed by atoms with Crippen molar-refractivity contribution < 1.29 is 0 Å². The summed E-state index contributed by atoms with van der Waals surface area (Å²) in [6.07, 6.45) is 3.77. The third-order valence-corrected chi connectivity index (χ3v) is 3.85. The van der Waals surface area contributed by atoms with Gasteiger partial charge in [-0.1, -0.05) is 17.8 Å². The van der Waals surface area contributed by atoms with Gasteiger partial charge in [0.2, 0.25) is 0 Å². The molecule has 0 unspecified atom stereocenters. The Hall–Kier alpha value is -1.27. The first-order valence-electron chi connectivity index (χ1n) is 5.41. The molecular formula is C12H14N4S2. The Morgan fingerprint density at radius 1 is 1.33 bits per heavy atom. The highest BCUT2D eigenvalue weighted by molar-refractivity contribution is 7.99. The fraction of sp³-hybridized carbons (Fsp3) is 0.250. The maximum atomic E-state index is 5.74. The smallest absolute Gasteiger partial charge is 0.190 e. The molecule has 0 amide bonds. The van der Waals surface area contributed by atoms with E-state index in [1.807, 2.05) is 12.3 Å². The molecule has 6 heteroatoms. The molecule has 4 nitrogen and oxygen atoms in total. The summed E-state index contributed by atoms with van der Waals surface area (Å²) in [6, 6.07) is 5.77. The van der Waals surface area contributed by atoms with Crippen LogP contribution in [0.2, 0.25) is 0 Å². The number of aryl methyl sites for hydroxylation is 1. The number of hydrogen-bond donors (Lipinski definition) is 1. The molecule has 2 rings (SSSR count). The molecule has 2 heterocycles. The van der Waals surface area contributed by atoms with Gasteiger partial charge in [0.15, 0.2) is 5.16 Å². The van der Waals surface area contributed by atoms with Crippen LogP contribution in [0.1, 0.15) is 11.3 Å². The molecule has 0 radical (unpaired) electrons. The normalized spacial score (nSPS) is 10.6. The van der Waals surface area contributed by atoms with Crippen LogP contribution in [0.5, 0.6) is 0 Å². The van der Waals surface area contributed by atoms with E-state index in [1.165, 1.54) is 5.56 Å². The minimum atomic E-state index is 0.509. The maximum absolute atomic E-state index is 5.74. The van der Waals surface area contributed by atoms with Gasteiger partial charge >= 0.3 is 0 Å². The lowest BCUT2D eigenvalue weighted by Gasteiger charge is -2.05. The van der Waals surface area contributed by atoms with E-state index in [0.717, 1.165) is 16.5 Å². The Balaban J connectivity index is 2.11. The predicted molar refractivity (Wildman–Crippen MR) is 76.8 cm³/mol. The first-order chi connectivity index (χ1) is 8.69. The zero-order chi connectivity index (χ0) is 13.0. The second-order valence-electron chi connectivity index (χ2n) is 3.67. The van der Waals surface area contributed by atoms with Gasteiger partial charge in [0.05, 0.1) is 5.69 Å². The van der Waals surface area contributed by atoms with Crippen LogP contribution in [0.4, 0.5) is 5.82 Å². The lowest BCUT2D eigenvalue weighted by molar-refractivity contribution is 0.899. The first kappa shape index (κ1) is 13.2. The Bertz CT molecular complexity index is 545. The topological polar surface area (TPSA) is 64.7 Å². The third kappa shape index (κ3) is 3.36. The average Bonchev–Trinajstić information content (AvgIpc) is 2.37. The molecule has 0 fully saturated rings. The maximum Gasteiger partial charge on any atom is 0.190 e. The zero-order valence-electron chi connectivity index (χ0n) is 10.3. The van der Waals surface area contributed by atoms with Crippen molar-refractivity contribution in [3.8, 4) is 0 Å². The van der Waals surface area contributed by atoms with Crippen molar-refractivity contribution in [2.75, 3.05) is 12.0 Å². The highest BCUT2D eigenvalue weighted by Gasteiger charge is 2.05. The zero-order valence-corrected chi connectivity index (χ0v) is 11.9. The van der Waals surface area contributed by atoms with E-state index < -0.39 is 0 Å². The van der Waals surface area contributed by atoms with Crippen molar-refractivity contribution in [3.05, 3.63) is 35.7 Å². The molecule has 0 aliphatic carbocycles. The van der Waals surface area contributed by atoms with E-state index in [9.17, 15) is 0 Å². The highest BCUT2D eigenvalue weighted by atomic mass is 32.2. The first-order valence-corrected chi connectivity index (χ1v) is 7.62. The molecule has 0 aromatic carbocycles. The second kappa shape index (κ2) is 6.06. The Kier molecular flexibility index (Phi) is 4.43. The van der Waals surface area contributed by atoms with Crippen molar-refractivity contribution in [3.63, 3.8) is 0 Å². The SMILES string of the molecule is CSc1cc(N)nc(SCc2ncccc2C)n1. The van der Waals surface area contributed by atoms with Crippen LogP contribution >= 0.6 is 23.5 Å². The summed E-state index contributed by atoms with van der Waals surface area (Å²) in [7, 11) is 0. The summed E-state index contributed by atoms with van der Waals surface area (Å²) >= 11 is 3.12. The molecule has 0 aliphatic heterocycles. The van der Waals surface area contributed by atoms with E-state index in [0.29, 0.717) is 11.0 Å². The van der Waals surface area contributed by atoms with Gasteiger partial charge in [0.25, 0.3) is 0 Å².